The Hall–Kier alpha value is -3.50. The van der Waals surface area contributed by atoms with Crippen molar-refractivity contribution in [3.63, 3.8) is 0 Å². The van der Waals surface area contributed by atoms with Crippen LogP contribution in [0.5, 0.6) is 0 Å². The molecule has 1 amide bonds. The molecule has 5 heterocycles. The van der Waals surface area contributed by atoms with Crippen molar-refractivity contribution in [2.75, 3.05) is 43.6 Å². The summed E-state index contributed by atoms with van der Waals surface area (Å²) in [4.78, 5) is 30.2. The van der Waals surface area contributed by atoms with E-state index in [1.54, 1.807) is 7.05 Å². The summed E-state index contributed by atoms with van der Waals surface area (Å²) in [7, 11) is 1.63. The zero-order chi connectivity index (χ0) is 23.4. The third kappa shape index (κ3) is 3.33. The van der Waals surface area contributed by atoms with Gasteiger partial charge in [0.05, 0.1) is 42.2 Å². The quantitative estimate of drug-likeness (QED) is 0.423. The minimum absolute atomic E-state index is 0.106. The van der Waals surface area contributed by atoms with Crippen LogP contribution in [0.25, 0.3) is 27.8 Å². The van der Waals surface area contributed by atoms with Gasteiger partial charge in [0.1, 0.15) is 16.9 Å². The molecule has 0 radical (unpaired) electrons. The largest absolute Gasteiger partial charge is 0.377 e. The van der Waals surface area contributed by atoms with E-state index in [2.05, 4.69) is 34.7 Å². The molecule has 1 aromatic carbocycles. The number of carbonyl (C=O) groups excluding carboxylic acids is 1. The van der Waals surface area contributed by atoms with Crippen molar-refractivity contribution in [2.24, 2.45) is 0 Å². The molecule has 176 valence electrons. The van der Waals surface area contributed by atoms with Gasteiger partial charge in [-0.1, -0.05) is 12.1 Å². The molecule has 2 atom stereocenters. The molecule has 4 aromatic rings. The summed E-state index contributed by atoms with van der Waals surface area (Å²) in [5.41, 5.74) is 4.67. The fourth-order valence-corrected chi connectivity index (χ4v) is 5.01. The van der Waals surface area contributed by atoms with Crippen LogP contribution in [0.15, 0.2) is 30.5 Å². The minimum Gasteiger partial charge on any atom is -0.377 e. The van der Waals surface area contributed by atoms with Crippen LogP contribution in [0.4, 0.5) is 11.5 Å². The van der Waals surface area contributed by atoms with Gasteiger partial charge in [-0.25, -0.2) is 15.0 Å². The lowest BCUT2D eigenvalue weighted by molar-refractivity contribution is 0.0211. The molecule has 0 unspecified atom stereocenters. The Morgan fingerprint density at radius 1 is 1.12 bits per heavy atom. The standard InChI is InChI=1S/C24H28N8O2/c1-13-9-31(10-14(2)27-13)18-8-26-21-20(28-15-11-34-12-15)19(24(33)25-3)22-29-16-6-4-5-7-17(16)32(22)23(21)30-18/h4-8,13-15,27-28H,9-12H2,1-3H3,(H,25,33)/t13-,14+. The lowest BCUT2D eigenvalue weighted by Crippen LogP contribution is -2.54. The summed E-state index contributed by atoms with van der Waals surface area (Å²) in [6.07, 6.45) is 1.81. The number of benzene rings is 1. The highest BCUT2D eigenvalue weighted by Gasteiger charge is 2.29. The second kappa shape index (κ2) is 8.07. The van der Waals surface area contributed by atoms with E-state index in [1.807, 2.05) is 34.9 Å². The second-order valence-electron chi connectivity index (χ2n) is 9.24. The zero-order valence-electron chi connectivity index (χ0n) is 19.5. The van der Waals surface area contributed by atoms with Crippen LogP contribution in [-0.2, 0) is 4.74 Å². The topological polar surface area (TPSA) is 109 Å². The molecule has 2 fully saturated rings. The molecular formula is C24H28N8O2. The number of pyridine rings is 1. The van der Waals surface area contributed by atoms with Crippen molar-refractivity contribution in [1.82, 2.24) is 30.0 Å². The number of aromatic nitrogens is 4. The van der Waals surface area contributed by atoms with Crippen LogP contribution in [0.2, 0.25) is 0 Å². The molecule has 0 aliphatic carbocycles. The van der Waals surface area contributed by atoms with E-state index in [9.17, 15) is 4.79 Å². The van der Waals surface area contributed by atoms with E-state index in [-0.39, 0.29) is 11.9 Å². The van der Waals surface area contributed by atoms with Crippen LogP contribution in [0.1, 0.15) is 24.2 Å². The number of ether oxygens (including phenoxy) is 1. The third-order valence-corrected chi connectivity index (χ3v) is 6.55. The van der Waals surface area contributed by atoms with Crippen molar-refractivity contribution < 1.29 is 9.53 Å². The van der Waals surface area contributed by atoms with E-state index in [0.29, 0.717) is 53.4 Å². The van der Waals surface area contributed by atoms with Gasteiger partial charge in [-0.05, 0) is 26.0 Å². The van der Waals surface area contributed by atoms with Gasteiger partial charge < -0.3 is 25.6 Å². The van der Waals surface area contributed by atoms with Gasteiger partial charge in [0.2, 0.25) is 0 Å². The van der Waals surface area contributed by atoms with Gasteiger partial charge in [0.15, 0.2) is 11.3 Å². The summed E-state index contributed by atoms with van der Waals surface area (Å²) >= 11 is 0. The number of piperazine rings is 1. The second-order valence-corrected chi connectivity index (χ2v) is 9.24. The number of para-hydroxylation sites is 2. The molecule has 6 rings (SSSR count). The number of anilines is 2. The van der Waals surface area contributed by atoms with E-state index >= 15 is 0 Å². The summed E-state index contributed by atoms with van der Waals surface area (Å²) in [5, 5.41) is 9.83. The van der Waals surface area contributed by atoms with Gasteiger partial charge in [-0.3, -0.25) is 9.20 Å². The van der Waals surface area contributed by atoms with Crippen molar-refractivity contribution in [2.45, 2.75) is 32.0 Å². The van der Waals surface area contributed by atoms with Crippen LogP contribution in [0, 0.1) is 0 Å². The normalized spacial score (nSPS) is 21.2. The highest BCUT2D eigenvalue weighted by molar-refractivity contribution is 6.12. The molecule has 0 saturated carbocycles. The van der Waals surface area contributed by atoms with E-state index in [0.717, 1.165) is 29.9 Å². The van der Waals surface area contributed by atoms with Crippen LogP contribution in [-0.4, -0.2) is 76.7 Å². The fourth-order valence-electron chi connectivity index (χ4n) is 5.01. The molecule has 0 spiro atoms. The summed E-state index contributed by atoms with van der Waals surface area (Å²) in [6, 6.07) is 8.67. The Balaban J connectivity index is 1.65. The van der Waals surface area contributed by atoms with Gasteiger partial charge in [0.25, 0.3) is 5.91 Å². The number of nitrogens with zero attached hydrogens (tertiary/aromatic N) is 5. The number of carbonyl (C=O) groups is 1. The molecule has 2 aliphatic rings. The number of hydrogen-bond acceptors (Lipinski definition) is 8. The molecule has 10 nitrogen and oxygen atoms in total. The van der Waals surface area contributed by atoms with Gasteiger partial charge >= 0.3 is 0 Å². The first-order valence-electron chi connectivity index (χ1n) is 11.7. The van der Waals surface area contributed by atoms with Crippen molar-refractivity contribution in [3.8, 4) is 0 Å². The van der Waals surface area contributed by atoms with Crippen LogP contribution in [0.3, 0.4) is 0 Å². The molecule has 3 N–H and O–H groups in total. The number of rotatable bonds is 4. The first-order valence-corrected chi connectivity index (χ1v) is 11.7. The molecule has 2 saturated heterocycles. The Kier molecular flexibility index (Phi) is 5.00. The molecular weight excluding hydrogens is 432 g/mol. The molecule has 34 heavy (non-hydrogen) atoms. The number of hydrogen-bond donors (Lipinski definition) is 3. The molecule has 2 aliphatic heterocycles. The van der Waals surface area contributed by atoms with Crippen LogP contribution < -0.4 is 20.9 Å². The van der Waals surface area contributed by atoms with E-state index in [4.69, 9.17) is 19.7 Å². The highest BCUT2D eigenvalue weighted by Crippen LogP contribution is 2.34. The first kappa shape index (κ1) is 21.1. The van der Waals surface area contributed by atoms with Gasteiger partial charge in [-0.15, -0.1) is 0 Å². The van der Waals surface area contributed by atoms with Gasteiger partial charge in [0, 0.05) is 32.2 Å². The molecule has 3 aromatic heterocycles. The SMILES string of the molecule is CNC(=O)c1c(NC2COC2)c2ncc(N3C[C@@H](C)N[C@@H](C)C3)nc2n2c1nc1ccccc12. The predicted octanol–water partition coefficient (Wildman–Crippen LogP) is 1.79. The monoisotopic (exact) mass is 460 g/mol. The van der Waals surface area contributed by atoms with Crippen LogP contribution >= 0.6 is 0 Å². The van der Waals surface area contributed by atoms with E-state index < -0.39 is 0 Å². The Morgan fingerprint density at radius 3 is 2.59 bits per heavy atom. The Labute approximate surface area is 196 Å². The summed E-state index contributed by atoms with van der Waals surface area (Å²) < 4.78 is 7.33. The zero-order valence-corrected chi connectivity index (χ0v) is 19.5. The Bertz CT molecular complexity index is 1400. The minimum atomic E-state index is -0.222. The summed E-state index contributed by atoms with van der Waals surface area (Å²) in [5.74, 6) is 0.595. The number of imidazole rings is 1. The summed E-state index contributed by atoms with van der Waals surface area (Å²) in [6.45, 7) is 7.21. The maximum absolute atomic E-state index is 13.1. The van der Waals surface area contributed by atoms with Crippen molar-refractivity contribution in [3.05, 3.63) is 36.0 Å². The molecule has 10 heteroatoms. The maximum atomic E-state index is 13.1. The predicted molar refractivity (Wildman–Crippen MR) is 132 cm³/mol. The van der Waals surface area contributed by atoms with Gasteiger partial charge in [-0.2, -0.15) is 0 Å². The third-order valence-electron chi connectivity index (χ3n) is 6.55. The maximum Gasteiger partial charge on any atom is 0.257 e. The first-order chi connectivity index (χ1) is 16.5. The number of fused-ring (bicyclic) bond motifs is 5. The van der Waals surface area contributed by atoms with Crippen molar-refractivity contribution in [1.29, 1.82) is 0 Å². The smallest absolute Gasteiger partial charge is 0.257 e. The average molecular weight is 461 g/mol. The van der Waals surface area contributed by atoms with Crippen molar-refractivity contribution >= 4 is 45.3 Å². The highest BCUT2D eigenvalue weighted by atomic mass is 16.5. The average Bonchev–Trinajstić information content (AvgIpc) is 3.19. The fraction of sp³-hybridized carbons (Fsp3) is 0.417. The Morgan fingerprint density at radius 2 is 1.88 bits per heavy atom. The number of nitrogens with one attached hydrogen (secondary N) is 3. The lowest BCUT2D eigenvalue weighted by Gasteiger charge is -2.36. The lowest BCUT2D eigenvalue weighted by atomic mass is 10.1. The molecule has 0 bridgehead atoms. The number of amides is 1. The van der Waals surface area contributed by atoms with E-state index in [1.165, 1.54) is 0 Å².